The van der Waals surface area contributed by atoms with E-state index in [0.717, 1.165) is 32.1 Å². The van der Waals surface area contributed by atoms with Crippen LogP contribution in [0.15, 0.2) is 12.4 Å². The van der Waals surface area contributed by atoms with Crippen LogP contribution >= 0.6 is 0 Å². The van der Waals surface area contributed by atoms with Gasteiger partial charge in [-0.2, -0.15) is 4.98 Å². The van der Waals surface area contributed by atoms with E-state index in [9.17, 15) is 0 Å². The predicted molar refractivity (Wildman–Crippen MR) is 78.3 cm³/mol. The molecule has 0 radical (unpaired) electrons. The highest BCUT2D eigenvalue weighted by molar-refractivity contribution is 5.39. The van der Waals surface area contributed by atoms with Crippen LogP contribution in [0.2, 0.25) is 0 Å². The van der Waals surface area contributed by atoms with Gasteiger partial charge in [0.15, 0.2) is 5.82 Å². The molecule has 0 aromatic carbocycles. The molecule has 6 heteroatoms. The molecule has 2 heterocycles. The third-order valence-corrected chi connectivity index (χ3v) is 3.11. The van der Waals surface area contributed by atoms with Gasteiger partial charge in [0, 0.05) is 13.1 Å². The van der Waals surface area contributed by atoms with Crippen LogP contribution in [-0.2, 0) is 4.74 Å². The van der Waals surface area contributed by atoms with E-state index in [1.807, 2.05) is 13.8 Å². The Labute approximate surface area is 120 Å². The zero-order valence-corrected chi connectivity index (χ0v) is 12.5. The highest BCUT2D eigenvalue weighted by Gasteiger charge is 2.24. The van der Waals surface area contributed by atoms with E-state index in [2.05, 4.69) is 27.1 Å². The third kappa shape index (κ3) is 4.05. The van der Waals surface area contributed by atoms with Crippen LogP contribution in [0.3, 0.4) is 0 Å². The summed E-state index contributed by atoms with van der Waals surface area (Å²) in [7, 11) is 0. The van der Waals surface area contributed by atoms with Crippen LogP contribution in [0.5, 0.6) is 5.88 Å². The Morgan fingerprint density at radius 3 is 3.10 bits per heavy atom. The van der Waals surface area contributed by atoms with Crippen molar-refractivity contribution in [2.24, 2.45) is 0 Å². The summed E-state index contributed by atoms with van der Waals surface area (Å²) in [5.74, 6) is 1.43. The lowest BCUT2D eigenvalue weighted by Gasteiger charge is -2.36. The second-order valence-corrected chi connectivity index (χ2v) is 5.11. The molecule has 1 unspecified atom stereocenters. The Bertz CT molecular complexity index is 414. The van der Waals surface area contributed by atoms with Gasteiger partial charge in [-0.1, -0.05) is 6.92 Å². The molecule has 1 fully saturated rings. The first kappa shape index (κ1) is 15.0. The first-order chi connectivity index (χ1) is 9.70. The van der Waals surface area contributed by atoms with Crippen LogP contribution in [0.1, 0.15) is 20.8 Å². The van der Waals surface area contributed by atoms with Crippen LogP contribution < -0.4 is 15.0 Å². The van der Waals surface area contributed by atoms with Gasteiger partial charge in [0.2, 0.25) is 5.88 Å². The lowest BCUT2D eigenvalue weighted by Crippen LogP contribution is -2.51. The maximum atomic E-state index is 5.61. The number of morpholine rings is 1. The molecule has 6 nitrogen and oxygen atoms in total. The number of hydrogen-bond acceptors (Lipinski definition) is 6. The van der Waals surface area contributed by atoms with Gasteiger partial charge in [-0.3, -0.25) is 4.98 Å². The number of likely N-dealkylation sites (N-methyl/N-ethyl adjacent to an activating group) is 1. The molecule has 0 spiro atoms. The van der Waals surface area contributed by atoms with Crippen molar-refractivity contribution in [3.8, 4) is 5.88 Å². The molecule has 112 valence electrons. The fraction of sp³-hybridized carbons (Fsp3) is 0.714. The second-order valence-electron chi connectivity index (χ2n) is 5.11. The molecule has 0 saturated carbocycles. The minimum Gasteiger partial charge on any atom is -0.474 e. The molecule has 0 amide bonds. The summed E-state index contributed by atoms with van der Waals surface area (Å²) in [5, 5.41) is 3.36. The average Bonchev–Trinajstić information content (AvgIpc) is 2.45. The first-order valence-electron chi connectivity index (χ1n) is 7.24. The molecule has 1 aromatic heterocycles. The van der Waals surface area contributed by atoms with Gasteiger partial charge in [0.25, 0.3) is 0 Å². The standard InChI is InChI=1S/C14H24N4O2/c1-4-15-7-12-10-19-6-5-18(12)13-8-16-9-14(17-13)20-11(2)3/h8-9,11-12,15H,4-7,10H2,1-3H3. The topological polar surface area (TPSA) is 59.5 Å². The Balaban J connectivity index is 2.10. The Kier molecular flexibility index (Phi) is 5.55. The van der Waals surface area contributed by atoms with Crippen molar-refractivity contribution in [2.75, 3.05) is 37.7 Å². The number of aromatic nitrogens is 2. The van der Waals surface area contributed by atoms with Crippen molar-refractivity contribution in [3.05, 3.63) is 12.4 Å². The first-order valence-corrected chi connectivity index (χ1v) is 7.24. The van der Waals surface area contributed by atoms with Crippen LogP contribution in [-0.4, -0.2) is 55.0 Å². The molecule has 1 atom stereocenters. The molecular formula is C14H24N4O2. The second kappa shape index (κ2) is 7.40. The SMILES string of the molecule is CCNCC1COCCN1c1cncc(OC(C)C)n1. The molecular weight excluding hydrogens is 256 g/mol. The number of ether oxygens (including phenoxy) is 2. The zero-order chi connectivity index (χ0) is 14.4. The molecule has 1 aliphatic heterocycles. The van der Waals surface area contributed by atoms with Gasteiger partial charge in [-0.05, 0) is 20.4 Å². The van der Waals surface area contributed by atoms with E-state index < -0.39 is 0 Å². The summed E-state index contributed by atoms with van der Waals surface area (Å²) in [5.41, 5.74) is 0. The summed E-state index contributed by atoms with van der Waals surface area (Å²) in [4.78, 5) is 11.0. The normalized spacial score (nSPS) is 19.4. The Morgan fingerprint density at radius 1 is 1.50 bits per heavy atom. The Hall–Kier alpha value is -1.40. The molecule has 20 heavy (non-hydrogen) atoms. The van der Waals surface area contributed by atoms with E-state index in [0.29, 0.717) is 12.5 Å². The van der Waals surface area contributed by atoms with Crippen LogP contribution in [0.25, 0.3) is 0 Å². The molecule has 0 aliphatic carbocycles. The largest absolute Gasteiger partial charge is 0.474 e. The van der Waals surface area contributed by atoms with E-state index in [1.165, 1.54) is 0 Å². The molecule has 1 N–H and O–H groups in total. The van der Waals surface area contributed by atoms with Crippen LogP contribution in [0.4, 0.5) is 5.82 Å². The summed E-state index contributed by atoms with van der Waals surface area (Å²) < 4.78 is 11.2. The fourth-order valence-corrected chi connectivity index (χ4v) is 2.21. The average molecular weight is 280 g/mol. The summed E-state index contributed by atoms with van der Waals surface area (Å²) in [6.07, 6.45) is 3.54. The Morgan fingerprint density at radius 2 is 2.35 bits per heavy atom. The third-order valence-electron chi connectivity index (χ3n) is 3.11. The predicted octanol–water partition coefficient (Wildman–Crippen LogP) is 1.08. The van der Waals surface area contributed by atoms with Crippen molar-refractivity contribution in [3.63, 3.8) is 0 Å². The van der Waals surface area contributed by atoms with Crippen molar-refractivity contribution >= 4 is 5.82 Å². The number of hydrogen-bond donors (Lipinski definition) is 1. The van der Waals surface area contributed by atoms with Crippen molar-refractivity contribution in [1.29, 1.82) is 0 Å². The molecule has 1 aromatic rings. The maximum Gasteiger partial charge on any atom is 0.234 e. The zero-order valence-electron chi connectivity index (χ0n) is 12.5. The summed E-state index contributed by atoms with van der Waals surface area (Å²) >= 11 is 0. The van der Waals surface area contributed by atoms with Crippen molar-refractivity contribution in [1.82, 2.24) is 15.3 Å². The quantitative estimate of drug-likeness (QED) is 0.841. The van der Waals surface area contributed by atoms with Gasteiger partial charge in [0.05, 0.1) is 37.8 Å². The molecule has 2 rings (SSSR count). The number of nitrogens with zero attached hydrogens (tertiary/aromatic N) is 3. The fourth-order valence-electron chi connectivity index (χ4n) is 2.21. The number of anilines is 1. The monoisotopic (exact) mass is 280 g/mol. The van der Waals surface area contributed by atoms with E-state index in [4.69, 9.17) is 9.47 Å². The van der Waals surface area contributed by atoms with Crippen LogP contribution in [0, 0.1) is 0 Å². The van der Waals surface area contributed by atoms with Gasteiger partial charge >= 0.3 is 0 Å². The van der Waals surface area contributed by atoms with E-state index in [1.54, 1.807) is 12.4 Å². The molecule has 1 saturated heterocycles. The van der Waals surface area contributed by atoms with E-state index >= 15 is 0 Å². The van der Waals surface area contributed by atoms with Gasteiger partial charge < -0.3 is 19.7 Å². The van der Waals surface area contributed by atoms with Crippen molar-refractivity contribution < 1.29 is 9.47 Å². The smallest absolute Gasteiger partial charge is 0.234 e. The molecule has 1 aliphatic rings. The summed E-state index contributed by atoms with van der Waals surface area (Å²) in [6.45, 7) is 10.2. The number of rotatable bonds is 6. The van der Waals surface area contributed by atoms with Gasteiger partial charge in [-0.25, -0.2) is 0 Å². The van der Waals surface area contributed by atoms with Gasteiger partial charge in [-0.15, -0.1) is 0 Å². The lowest BCUT2D eigenvalue weighted by molar-refractivity contribution is 0.0933. The highest BCUT2D eigenvalue weighted by Crippen LogP contribution is 2.19. The molecule has 0 bridgehead atoms. The summed E-state index contributed by atoms with van der Waals surface area (Å²) in [6, 6.07) is 0.285. The minimum atomic E-state index is 0.0989. The highest BCUT2D eigenvalue weighted by atomic mass is 16.5. The van der Waals surface area contributed by atoms with Crippen molar-refractivity contribution in [2.45, 2.75) is 32.9 Å². The van der Waals surface area contributed by atoms with Gasteiger partial charge in [0.1, 0.15) is 0 Å². The number of nitrogens with one attached hydrogen (secondary N) is 1. The van der Waals surface area contributed by atoms with E-state index in [-0.39, 0.29) is 12.1 Å². The minimum absolute atomic E-state index is 0.0989. The maximum absolute atomic E-state index is 5.61. The lowest BCUT2D eigenvalue weighted by atomic mass is 10.2.